The Morgan fingerprint density at radius 3 is 2.10 bits per heavy atom. The molecule has 1 aliphatic heterocycles. The van der Waals surface area contributed by atoms with Gasteiger partial charge in [-0.15, -0.1) is 0 Å². The average Bonchev–Trinajstić information content (AvgIpc) is 2.93. The van der Waals surface area contributed by atoms with Gasteiger partial charge in [0, 0.05) is 49.6 Å². The van der Waals surface area contributed by atoms with Crippen molar-refractivity contribution < 1.29 is 18.8 Å². The van der Waals surface area contributed by atoms with Gasteiger partial charge in [-0.2, -0.15) is 0 Å². The summed E-state index contributed by atoms with van der Waals surface area (Å²) < 4.78 is 14.4. The number of hydrogen-bond donors (Lipinski definition) is 2. The lowest BCUT2D eigenvalue weighted by Gasteiger charge is -2.37. The van der Waals surface area contributed by atoms with Crippen LogP contribution in [0.2, 0.25) is 0 Å². The Labute approximate surface area is 234 Å². The number of rotatable bonds is 7. The Morgan fingerprint density at radius 2 is 1.48 bits per heavy atom. The fourth-order valence-corrected chi connectivity index (χ4v) is 4.51. The largest absolute Gasteiger partial charge is 0.368 e. The zero-order valence-corrected chi connectivity index (χ0v) is 23.2. The van der Waals surface area contributed by atoms with Gasteiger partial charge in [0.25, 0.3) is 5.91 Å². The molecule has 3 aromatic rings. The van der Waals surface area contributed by atoms with Gasteiger partial charge >= 0.3 is 6.03 Å². The van der Waals surface area contributed by atoms with Crippen LogP contribution in [0.15, 0.2) is 78.9 Å². The monoisotopic (exact) mass is 545 g/mol. The molecule has 4 amide bonds. The van der Waals surface area contributed by atoms with E-state index in [1.807, 2.05) is 80.3 Å². The van der Waals surface area contributed by atoms with Crippen LogP contribution in [0.25, 0.3) is 0 Å². The molecule has 0 radical (unpaired) electrons. The summed E-state index contributed by atoms with van der Waals surface area (Å²) in [6.45, 7) is 8.46. The van der Waals surface area contributed by atoms with Gasteiger partial charge < -0.3 is 25.3 Å². The third kappa shape index (κ3) is 7.81. The second kappa shape index (κ2) is 12.6. The van der Waals surface area contributed by atoms with Gasteiger partial charge in [-0.05, 0) is 62.7 Å². The van der Waals surface area contributed by atoms with Gasteiger partial charge in [0.2, 0.25) is 5.91 Å². The van der Waals surface area contributed by atoms with Crippen LogP contribution in [0, 0.1) is 5.82 Å². The number of benzene rings is 3. The lowest BCUT2D eigenvalue weighted by molar-refractivity contribution is -0.117. The number of nitrogens with zero attached hydrogens (tertiary/aromatic N) is 3. The Bertz CT molecular complexity index is 1320. The highest BCUT2D eigenvalue weighted by atomic mass is 19.1. The van der Waals surface area contributed by atoms with Crippen molar-refractivity contribution in [3.63, 3.8) is 0 Å². The van der Waals surface area contributed by atoms with Crippen LogP contribution in [0.1, 0.15) is 36.7 Å². The molecule has 4 rings (SSSR count). The van der Waals surface area contributed by atoms with E-state index in [1.54, 1.807) is 6.07 Å². The van der Waals surface area contributed by atoms with E-state index >= 15 is 0 Å². The molecule has 1 heterocycles. The SMILES string of the molecule is CC(C)(C)NC(=O)N1CCN(c2ccc(NC(=O)CN(Cc3ccccc3)C(=O)c3ccccc3F)cc2)CC1. The molecule has 8 nitrogen and oxygen atoms in total. The van der Waals surface area contributed by atoms with Crippen LogP contribution in [-0.4, -0.2) is 65.9 Å². The molecule has 0 spiro atoms. The van der Waals surface area contributed by atoms with Crippen molar-refractivity contribution in [2.24, 2.45) is 0 Å². The first-order valence-electron chi connectivity index (χ1n) is 13.4. The van der Waals surface area contributed by atoms with Gasteiger partial charge in [0.15, 0.2) is 0 Å². The summed E-state index contributed by atoms with van der Waals surface area (Å²) in [5, 5.41) is 5.85. The summed E-state index contributed by atoms with van der Waals surface area (Å²) in [4.78, 5) is 43.9. The molecule has 1 fully saturated rings. The molecule has 40 heavy (non-hydrogen) atoms. The third-order valence-corrected chi connectivity index (χ3v) is 6.51. The second-order valence-corrected chi connectivity index (χ2v) is 10.9. The zero-order chi connectivity index (χ0) is 28.7. The number of carbonyl (C=O) groups excluding carboxylic acids is 3. The van der Waals surface area contributed by atoms with Crippen LogP contribution < -0.4 is 15.5 Å². The number of amides is 4. The van der Waals surface area contributed by atoms with Gasteiger partial charge in [0.1, 0.15) is 12.4 Å². The summed E-state index contributed by atoms with van der Waals surface area (Å²) >= 11 is 0. The number of nitrogens with one attached hydrogen (secondary N) is 2. The third-order valence-electron chi connectivity index (χ3n) is 6.51. The van der Waals surface area contributed by atoms with E-state index in [0.717, 1.165) is 11.3 Å². The maximum atomic E-state index is 14.4. The molecule has 9 heteroatoms. The van der Waals surface area contributed by atoms with E-state index in [2.05, 4.69) is 15.5 Å². The Kier molecular flexibility index (Phi) is 9.04. The minimum absolute atomic E-state index is 0.0556. The van der Waals surface area contributed by atoms with Crippen molar-refractivity contribution in [1.82, 2.24) is 15.1 Å². The molecule has 1 aliphatic rings. The molecule has 0 bridgehead atoms. The Balaban J connectivity index is 1.36. The molecular formula is C31H36FN5O3. The predicted octanol–water partition coefficient (Wildman–Crippen LogP) is 4.74. The van der Waals surface area contributed by atoms with Crippen LogP contribution in [0.3, 0.4) is 0 Å². The van der Waals surface area contributed by atoms with Crippen molar-refractivity contribution in [2.45, 2.75) is 32.9 Å². The number of anilines is 2. The van der Waals surface area contributed by atoms with E-state index in [-0.39, 0.29) is 36.1 Å². The molecular weight excluding hydrogens is 509 g/mol. The van der Waals surface area contributed by atoms with E-state index in [9.17, 15) is 18.8 Å². The fourth-order valence-electron chi connectivity index (χ4n) is 4.51. The summed E-state index contributed by atoms with van der Waals surface area (Å²) in [7, 11) is 0. The minimum Gasteiger partial charge on any atom is -0.368 e. The number of halogens is 1. The van der Waals surface area contributed by atoms with E-state index in [1.165, 1.54) is 23.1 Å². The molecule has 0 saturated carbocycles. The molecule has 0 aliphatic carbocycles. The highest BCUT2D eigenvalue weighted by Crippen LogP contribution is 2.20. The lowest BCUT2D eigenvalue weighted by atomic mass is 10.1. The summed E-state index contributed by atoms with van der Waals surface area (Å²) in [5.74, 6) is -1.56. The Morgan fingerprint density at radius 1 is 0.850 bits per heavy atom. The van der Waals surface area contributed by atoms with Crippen LogP contribution in [0.4, 0.5) is 20.6 Å². The highest BCUT2D eigenvalue weighted by Gasteiger charge is 2.25. The van der Waals surface area contributed by atoms with Crippen molar-refractivity contribution >= 4 is 29.2 Å². The number of carbonyl (C=O) groups is 3. The van der Waals surface area contributed by atoms with E-state index < -0.39 is 11.7 Å². The van der Waals surface area contributed by atoms with Crippen LogP contribution in [-0.2, 0) is 11.3 Å². The second-order valence-electron chi connectivity index (χ2n) is 10.9. The summed E-state index contributed by atoms with van der Waals surface area (Å²) in [5.41, 5.74) is 2.06. The topological polar surface area (TPSA) is 85.0 Å². The van der Waals surface area contributed by atoms with Crippen LogP contribution in [0.5, 0.6) is 0 Å². The first kappa shape index (κ1) is 28.6. The van der Waals surface area contributed by atoms with Gasteiger partial charge in [-0.1, -0.05) is 42.5 Å². The van der Waals surface area contributed by atoms with Gasteiger partial charge in [0.05, 0.1) is 5.56 Å². The quantitative estimate of drug-likeness (QED) is 0.449. The minimum atomic E-state index is -0.628. The van der Waals surface area contributed by atoms with E-state index in [4.69, 9.17) is 0 Å². The summed E-state index contributed by atoms with van der Waals surface area (Å²) in [6, 6.07) is 22.5. The zero-order valence-electron chi connectivity index (χ0n) is 23.2. The van der Waals surface area contributed by atoms with Crippen molar-refractivity contribution in [3.05, 3.63) is 95.8 Å². The Hall–Kier alpha value is -4.40. The maximum absolute atomic E-state index is 14.4. The molecule has 2 N–H and O–H groups in total. The molecule has 1 saturated heterocycles. The van der Waals surface area contributed by atoms with Crippen LogP contribution >= 0.6 is 0 Å². The standard InChI is InChI=1S/C31H36FN5O3/c1-31(2,3)34-30(40)36-19-17-35(18-20-36)25-15-13-24(14-16-25)33-28(38)22-37(21-23-9-5-4-6-10-23)29(39)26-11-7-8-12-27(26)32/h4-16H,17-22H2,1-3H3,(H,33,38)(H,34,40). The van der Waals surface area contributed by atoms with Crippen molar-refractivity contribution in [3.8, 4) is 0 Å². The molecule has 0 unspecified atom stereocenters. The molecule has 3 aromatic carbocycles. The number of urea groups is 1. The average molecular weight is 546 g/mol. The van der Waals surface area contributed by atoms with Gasteiger partial charge in [-0.3, -0.25) is 9.59 Å². The number of piperazine rings is 1. The smallest absolute Gasteiger partial charge is 0.317 e. The molecule has 0 atom stereocenters. The first-order chi connectivity index (χ1) is 19.1. The van der Waals surface area contributed by atoms with Crippen molar-refractivity contribution in [2.75, 3.05) is 42.9 Å². The van der Waals surface area contributed by atoms with Gasteiger partial charge in [-0.25, -0.2) is 9.18 Å². The predicted molar refractivity (Wildman–Crippen MR) is 155 cm³/mol. The lowest BCUT2D eigenvalue weighted by Crippen LogP contribution is -2.55. The normalized spacial score (nSPS) is 13.5. The molecule has 0 aromatic heterocycles. The fraction of sp³-hybridized carbons (Fsp3) is 0.323. The summed E-state index contributed by atoms with van der Waals surface area (Å²) in [6.07, 6.45) is 0. The first-order valence-corrected chi connectivity index (χ1v) is 13.4. The number of hydrogen-bond acceptors (Lipinski definition) is 4. The van der Waals surface area contributed by atoms with Crippen molar-refractivity contribution in [1.29, 1.82) is 0 Å². The maximum Gasteiger partial charge on any atom is 0.317 e. The van der Waals surface area contributed by atoms with E-state index in [0.29, 0.717) is 31.9 Å². The highest BCUT2D eigenvalue weighted by molar-refractivity contribution is 5.99. The molecule has 210 valence electrons.